The zero-order chi connectivity index (χ0) is 21.0. The van der Waals surface area contributed by atoms with Crippen LogP contribution in [0.25, 0.3) is 0 Å². The van der Waals surface area contributed by atoms with Crippen LogP contribution in [0.15, 0.2) is 42.5 Å². The summed E-state index contributed by atoms with van der Waals surface area (Å²) in [6.07, 6.45) is -5.01. The first kappa shape index (κ1) is 23.9. The van der Waals surface area contributed by atoms with Crippen LogP contribution in [0.1, 0.15) is 23.7 Å². The Morgan fingerprint density at radius 3 is 2.53 bits per heavy atom. The number of rotatable bonds is 6. The lowest BCUT2D eigenvalue weighted by molar-refractivity contribution is -0.139. The monoisotopic (exact) mass is 449 g/mol. The molecular formula is C20H20ClF4NO4. The molecule has 1 aliphatic heterocycles. The van der Waals surface area contributed by atoms with Crippen LogP contribution in [0.5, 0.6) is 11.5 Å². The van der Waals surface area contributed by atoms with Crippen molar-refractivity contribution in [2.24, 2.45) is 0 Å². The Bertz CT molecular complexity index is 861. The van der Waals surface area contributed by atoms with Gasteiger partial charge in [0.25, 0.3) is 0 Å². The predicted octanol–water partition coefficient (Wildman–Crippen LogP) is 4.91. The molecule has 1 saturated heterocycles. The molecule has 0 aliphatic carbocycles. The van der Waals surface area contributed by atoms with Gasteiger partial charge in [-0.2, -0.15) is 13.2 Å². The maximum atomic E-state index is 13.9. The average molecular weight is 450 g/mol. The molecule has 1 atom stereocenters. The van der Waals surface area contributed by atoms with E-state index in [1.54, 1.807) is 12.1 Å². The van der Waals surface area contributed by atoms with Crippen molar-refractivity contribution in [2.75, 3.05) is 26.2 Å². The van der Waals surface area contributed by atoms with Crippen LogP contribution in [0.3, 0.4) is 0 Å². The van der Waals surface area contributed by atoms with Gasteiger partial charge < -0.3 is 14.6 Å². The molecule has 0 saturated carbocycles. The summed E-state index contributed by atoms with van der Waals surface area (Å²) >= 11 is 0. The Kier molecular flexibility index (Phi) is 8.05. The van der Waals surface area contributed by atoms with Crippen molar-refractivity contribution in [1.29, 1.82) is 0 Å². The molecule has 1 aliphatic rings. The van der Waals surface area contributed by atoms with Crippen LogP contribution < -0.4 is 4.74 Å². The summed E-state index contributed by atoms with van der Waals surface area (Å²) in [5.74, 6) is -2.79. The normalized spacial score (nSPS) is 17.3. The summed E-state index contributed by atoms with van der Waals surface area (Å²) in [7, 11) is 0. The Morgan fingerprint density at radius 1 is 1.20 bits per heavy atom. The number of carboxylic acids is 1. The maximum absolute atomic E-state index is 13.9. The second kappa shape index (κ2) is 10.1. The second-order valence-corrected chi connectivity index (χ2v) is 6.59. The number of nitrogens with zero attached hydrogens (tertiary/aromatic N) is 1. The van der Waals surface area contributed by atoms with Gasteiger partial charge in [0, 0.05) is 19.6 Å². The zero-order valence-electron chi connectivity index (χ0n) is 15.7. The van der Waals surface area contributed by atoms with Crippen molar-refractivity contribution >= 4 is 18.4 Å². The molecule has 1 N–H and O–H groups in total. The van der Waals surface area contributed by atoms with Crippen LogP contribution in [0, 0.1) is 5.82 Å². The highest BCUT2D eigenvalue weighted by molar-refractivity contribution is 5.85. The van der Waals surface area contributed by atoms with Gasteiger partial charge in [-0.1, -0.05) is 18.2 Å². The topological polar surface area (TPSA) is 59.0 Å². The number of halogens is 5. The molecular weight excluding hydrogens is 430 g/mol. The van der Waals surface area contributed by atoms with E-state index in [-0.39, 0.29) is 30.7 Å². The summed E-state index contributed by atoms with van der Waals surface area (Å²) in [6, 6.07) is 8.80. The molecule has 30 heavy (non-hydrogen) atoms. The maximum Gasteiger partial charge on any atom is 0.420 e. The van der Waals surface area contributed by atoms with Crippen molar-refractivity contribution in [2.45, 2.75) is 18.7 Å². The fourth-order valence-corrected chi connectivity index (χ4v) is 3.07. The first-order valence-corrected chi connectivity index (χ1v) is 8.93. The molecule has 164 valence electrons. The number of para-hydroxylation sites is 1. The van der Waals surface area contributed by atoms with E-state index in [0.717, 1.165) is 23.8 Å². The largest absolute Gasteiger partial charge is 0.481 e. The predicted molar refractivity (Wildman–Crippen MR) is 103 cm³/mol. The molecule has 2 aromatic rings. The van der Waals surface area contributed by atoms with E-state index in [0.29, 0.717) is 26.2 Å². The number of alkyl halides is 3. The number of morpholine rings is 1. The lowest BCUT2D eigenvalue weighted by atomic mass is 10.1. The van der Waals surface area contributed by atoms with E-state index < -0.39 is 29.3 Å². The van der Waals surface area contributed by atoms with Crippen LogP contribution in [0.2, 0.25) is 0 Å². The molecule has 5 nitrogen and oxygen atoms in total. The van der Waals surface area contributed by atoms with Gasteiger partial charge in [-0.15, -0.1) is 12.4 Å². The van der Waals surface area contributed by atoms with Crippen LogP contribution >= 0.6 is 12.4 Å². The molecule has 1 fully saturated rings. The second-order valence-electron chi connectivity index (χ2n) is 6.59. The van der Waals surface area contributed by atoms with Crippen LogP contribution in [-0.4, -0.2) is 42.2 Å². The van der Waals surface area contributed by atoms with E-state index in [1.165, 1.54) is 12.1 Å². The fourth-order valence-electron chi connectivity index (χ4n) is 3.07. The van der Waals surface area contributed by atoms with E-state index in [9.17, 15) is 22.4 Å². The first-order valence-electron chi connectivity index (χ1n) is 8.93. The van der Waals surface area contributed by atoms with Crippen molar-refractivity contribution in [3.8, 4) is 11.5 Å². The summed E-state index contributed by atoms with van der Waals surface area (Å²) in [4.78, 5) is 12.7. The first-order chi connectivity index (χ1) is 13.7. The Balaban J connectivity index is 0.00000320. The highest BCUT2D eigenvalue weighted by Gasteiger charge is 2.36. The van der Waals surface area contributed by atoms with Gasteiger partial charge >= 0.3 is 12.1 Å². The minimum absolute atomic E-state index is 0. The summed E-state index contributed by atoms with van der Waals surface area (Å²) < 4.78 is 64.1. The lowest BCUT2D eigenvalue weighted by Gasteiger charge is -2.32. The molecule has 0 spiro atoms. The quantitative estimate of drug-likeness (QED) is 0.635. The molecule has 0 radical (unpaired) electrons. The number of aliphatic carboxylic acids is 1. The summed E-state index contributed by atoms with van der Waals surface area (Å²) in [5.41, 5.74) is -0.423. The molecule has 1 heterocycles. The average Bonchev–Trinajstić information content (AvgIpc) is 2.68. The molecule has 0 aromatic heterocycles. The molecule has 0 amide bonds. The molecule has 10 heteroatoms. The van der Waals surface area contributed by atoms with E-state index in [2.05, 4.69) is 0 Å². The zero-order valence-corrected chi connectivity index (χ0v) is 16.5. The number of carboxylic acid groups (broad SMARTS) is 1. The fraction of sp³-hybridized carbons (Fsp3) is 0.350. The van der Waals surface area contributed by atoms with Crippen LogP contribution in [0.4, 0.5) is 17.6 Å². The minimum atomic E-state index is -4.74. The third-order valence-electron chi connectivity index (χ3n) is 4.54. The van der Waals surface area contributed by atoms with Gasteiger partial charge in [-0.3, -0.25) is 9.69 Å². The van der Waals surface area contributed by atoms with Gasteiger partial charge in [-0.25, -0.2) is 4.39 Å². The SMILES string of the molecule is Cl.O=C(O)CCN1CCOC(c2ccc(Oc3c(F)cccc3C(F)(F)F)cc2)C1. The van der Waals surface area contributed by atoms with Crippen molar-refractivity contribution in [3.63, 3.8) is 0 Å². The van der Waals surface area contributed by atoms with Gasteiger partial charge in [0.05, 0.1) is 19.1 Å². The highest BCUT2D eigenvalue weighted by atomic mass is 35.5. The third-order valence-corrected chi connectivity index (χ3v) is 4.54. The van der Waals surface area contributed by atoms with Crippen LogP contribution in [-0.2, 0) is 15.7 Å². The summed E-state index contributed by atoms with van der Waals surface area (Å²) in [6.45, 7) is 1.97. The van der Waals surface area contributed by atoms with Crippen molar-refractivity contribution in [1.82, 2.24) is 4.90 Å². The number of carbonyl (C=O) groups is 1. The van der Waals surface area contributed by atoms with E-state index in [1.807, 2.05) is 4.90 Å². The standard InChI is InChI=1S/C20H19F4NO4.ClH/c21-16-3-1-2-15(20(22,23)24)19(16)29-14-6-4-13(5-7-14)17-12-25(10-11-28-17)9-8-18(26)27;/h1-7,17H,8-12H2,(H,26,27);1H. The van der Waals surface area contributed by atoms with Gasteiger partial charge in [0.1, 0.15) is 11.3 Å². The van der Waals surface area contributed by atoms with Gasteiger partial charge in [-0.05, 0) is 29.8 Å². The number of ether oxygens (including phenoxy) is 2. The van der Waals surface area contributed by atoms with E-state index >= 15 is 0 Å². The number of hydrogen-bond acceptors (Lipinski definition) is 4. The molecule has 2 aromatic carbocycles. The molecule has 1 unspecified atom stereocenters. The highest BCUT2D eigenvalue weighted by Crippen LogP contribution is 2.39. The van der Waals surface area contributed by atoms with Gasteiger partial charge in [0.2, 0.25) is 0 Å². The Hall–Kier alpha value is -2.36. The Morgan fingerprint density at radius 2 is 1.90 bits per heavy atom. The Labute approximate surface area is 176 Å². The third kappa shape index (κ3) is 6.07. The number of benzene rings is 2. The lowest BCUT2D eigenvalue weighted by Crippen LogP contribution is -2.39. The van der Waals surface area contributed by atoms with E-state index in [4.69, 9.17) is 14.6 Å². The minimum Gasteiger partial charge on any atom is -0.481 e. The van der Waals surface area contributed by atoms with Crippen molar-refractivity contribution < 1.29 is 36.9 Å². The van der Waals surface area contributed by atoms with Crippen molar-refractivity contribution in [3.05, 3.63) is 59.4 Å². The smallest absolute Gasteiger partial charge is 0.420 e. The van der Waals surface area contributed by atoms with Gasteiger partial charge in [0.15, 0.2) is 11.6 Å². The molecule has 3 rings (SSSR count). The number of hydrogen-bond donors (Lipinski definition) is 1. The molecule has 0 bridgehead atoms. The summed E-state index contributed by atoms with van der Waals surface area (Å²) in [5, 5.41) is 8.80.